The molecule has 134 valence electrons. The first-order chi connectivity index (χ1) is 11.9. The van der Waals surface area contributed by atoms with E-state index in [-0.39, 0.29) is 17.2 Å². The Labute approximate surface area is 145 Å². The number of primary amides is 1. The third kappa shape index (κ3) is 5.30. The van der Waals surface area contributed by atoms with Crippen molar-refractivity contribution in [2.45, 2.75) is 44.8 Å². The van der Waals surface area contributed by atoms with E-state index < -0.39 is 29.9 Å². The van der Waals surface area contributed by atoms with Crippen molar-refractivity contribution in [2.75, 3.05) is 0 Å². The highest BCUT2D eigenvalue weighted by atomic mass is 16.5. The lowest BCUT2D eigenvalue weighted by Gasteiger charge is -2.15. The molecule has 1 aromatic carbocycles. The van der Waals surface area contributed by atoms with Gasteiger partial charge in [0.1, 0.15) is 0 Å². The highest BCUT2D eigenvalue weighted by Crippen LogP contribution is 2.17. The van der Waals surface area contributed by atoms with E-state index in [2.05, 4.69) is 10.6 Å². The second-order valence-electron chi connectivity index (χ2n) is 5.93. The molecule has 0 aromatic heterocycles. The largest absolute Gasteiger partial charge is 0.449 e. The Balaban J connectivity index is 1.83. The first-order valence-corrected chi connectivity index (χ1v) is 8.09. The Morgan fingerprint density at radius 1 is 1.08 bits per heavy atom. The zero-order chi connectivity index (χ0) is 18.4. The Morgan fingerprint density at radius 2 is 1.64 bits per heavy atom. The molecule has 0 saturated heterocycles. The van der Waals surface area contributed by atoms with Crippen molar-refractivity contribution in [2.24, 2.45) is 5.73 Å². The molecule has 0 aliphatic heterocycles. The fourth-order valence-corrected chi connectivity index (χ4v) is 2.56. The zero-order valence-corrected chi connectivity index (χ0v) is 13.9. The van der Waals surface area contributed by atoms with Crippen molar-refractivity contribution < 1.29 is 23.9 Å². The van der Waals surface area contributed by atoms with Crippen LogP contribution in [-0.2, 0) is 9.53 Å². The predicted octanol–water partition coefficient (Wildman–Crippen LogP) is 1.10. The average molecular weight is 347 g/mol. The summed E-state index contributed by atoms with van der Waals surface area (Å²) in [5.74, 6) is -2.06. The van der Waals surface area contributed by atoms with Crippen LogP contribution in [0.4, 0.5) is 4.79 Å². The van der Waals surface area contributed by atoms with Gasteiger partial charge in [-0.15, -0.1) is 0 Å². The molecular weight excluding hydrogens is 326 g/mol. The van der Waals surface area contributed by atoms with Gasteiger partial charge in [0.05, 0.1) is 5.56 Å². The van der Waals surface area contributed by atoms with Crippen molar-refractivity contribution in [3.8, 4) is 0 Å². The van der Waals surface area contributed by atoms with Gasteiger partial charge in [0.25, 0.3) is 5.91 Å². The van der Waals surface area contributed by atoms with Crippen molar-refractivity contribution >= 4 is 23.8 Å². The van der Waals surface area contributed by atoms with Gasteiger partial charge in [-0.25, -0.2) is 9.59 Å². The molecule has 0 heterocycles. The number of carbonyl (C=O) groups excluding carboxylic acids is 4. The summed E-state index contributed by atoms with van der Waals surface area (Å²) in [6.07, 6.45) is 2.77. The van der Waals surface area contributed by atoms with Crippen molar-refractivity contribution in [1.29, 1.82) is 0 Å². The quantitative estimate of drug-likeness (QED) is 0.687. The molecule has 1 aliphatic carbocycles. The highest BCUT2D eigenvalue weighted by Gasteiger charge is 2.23. The van der Waals surface area contributed by atoms with Crippen LogP contribution in [0.3, 0.4) is 0 Å². The van der Waals surface area contributed by atoms with Gasteiger partial charge in [0.2, 0.25) is 5.91 Å². The van der Waals surface area contributed by atoms with E-state index in [0.717, 1.165) is 25.7 Å². The maximum atomic E-state index is 12.0. The maximum Gasteiger partial charge on any atom is 0.338 e. The Kier molecular flexibility index (Phi) is 6.10. The molecule has 1 atom stereocenters. The third-order valence-electron chi connectivity index (χ3n) is 3.99. The molecular formula is C17H21N3O5. The topological polar surface area (TPSA) is 128 Å². The molecule has 2 rings (SSSR count). The summed E-state index contributed by atoms with van der Waals surface area (Å²) in [6.45, 7) is 1.37. The second kappa shape index (κ2) is 8.27. The number of benzene rings is 1. The molecule has 1 saturated carbocycles. The number of imide groups is 1. The summed E-state index contributed by atoms with van der Waals surface area (Å²) in [6, 6.07) is 5.01. The van der Waals surface area contributed by atoms with Gasteiger partial charge < -0.3 is 15.8 Å². The molecule has 0 spiro atoms. The smallest absolute Gasteiger partial charge is 0.338 e. The summed E-state index contributed by atoms with van der Waals surface area (Å²) in [4.78, 5) is 46.6. The first kappa shape index (κ1) is 18.4. The third-order valence-corrected chi connectivity index (χ3v) is 3.99. The van der Waals surface area contributed by atoms with Crippen LogP contribution in [0.2, 0.25) is 0 Å². The number of esters is 1. The summed E-state index contributed by atoms with van der Waals surface area (Å²) in [5.41, 5.74) is 5.54. The first-order valence-electron chi connectivity index (χ1n) is 8.09. The molecule has 4 N–H and O–H groups in total. The van der Waals surface area contributed by atoms with Crippen molar-refractivity contribution in [3.05, 3.63) is 35.4 Å². The van der Waals surface area contributed by atoms with Gasteiger partial charge in [-0.1, -0.05) is 12.8 Å². The molecule has 1 fully saturated rings. The van der Waals surface area contributed by atoms with Crippen LogP contribution in [0.15, 0.2) is 24.3 Å². The van der Waals surface area contributed by atoms with Gasteiger partial charge in [-0.05, 0) is 44.0 Å². The molecule has 8 heteroatoms. The Bertz CT molecular complexity index is 665. The number of ether oxygens (including phenoxy) is 1. The molecule has 8 nitrogen and oxygen atoms in total. The lowest BCUT2D eigenvalue weighted by molar-refractivity contribution is -0.127. The number of nitrogens with two attached hydrogens (primary N) is 1. The van der Waals surface area contributed by atoms with Crippen LogP contribution in [0.25, 0.3) is 0 Å². The number of urea groups is 1. The van der Waals surface area contributed by atoms with Crippen LogP contribution in [0.1, 0.15) is 53.3 Å². The maximum absolute atomic E-state index is 12.0. The molecule has 4 amide bonds. The Morgan fingerprint density at radius 3 is 2.20 bits per heavy atom. The molecule has 25 heavy (non-hydrogen) atoms. The van der Waals surface area contributed by atoms with Crippen LogP contribution >= 0.6 is 0 Å². The standard InChI is InChI=1S/C17H21N3O5/c1-10(15(22)20-17(24)19-13-4-2-3-5-13)25-16(23)12-8-6-11(7-9-12)14(18)21/h6-10,13H,2-5H2,1H3,(H2,18,21)(H2,19,20,22,24). The van der Waals surface area contributed by atoms with E-state index >= 15 is 0 Å². The summed E-state index contributed by atoms with van der Waals surface area (Å²) in [5, 5.41) is 4.87. The number of rotatable bonds is 5. The van der Waals surface area contributed by atoms with E-state index in [1.54, 1.807) is 0 Å². The molecule has 1 aliphatic rings. The van der Waals surface area contributed by atoms with E-state index in [0.29, 0.717) is 0 Å². The lowest BCUT2D eigenvalue weighted by Crippen LogP contribution is -2.47. The number of amides is 4. The monoisotopic (exact) mass is 347 g/mol. The van der Waals surface area contributed by atoms with E-state index in [9.17, 15) is 19.2 Å². The molecule has 1 unspecified atom stereocenters. The average Bonchev–Trinajstić information content (AvgIpc) is 3.07. The van der Waals surface area contributed by atoms with Crippen LogP contribution in [0, 0.1) is 0 Å². The predicted molar refractivity (Wildman–Crippen MR) is 88.8 cm³/mol. The molecule has 0 bridgehead atoms. The van der Waals surface area contributed by atoms with E-state index in [1.165, 1.54) is 31.2 Å². The van der Waals surface area contributed by atoms with Gasteiger partial charge in [0.15, 0.2) is 6.10 Å². The number of carbonyl (C=O) groups is 4. The normalized spacial score (nSPS) is 15.2. The lowest BCUT2D eigenvalue weighted by atomic mass is 10.1. The minimum atomic E-state index is -1.14. The minimum Gasteiger partial charge on any atom is -0.449 e. The van der Waals surface area contributed by atoms with E-state index in [1.807, 2.05) is 0 Å². The van der Waals surface area contributed by atoms with Gasteiger partial charge in [-0.3, -0.25) is 14.9 Å². The van der Waals surface area contributed by atoms with Crippen LogP contribution in [-0.4, -0.2) is 36.0 Å². The summed E-state index contributed by atoms with van der Waals surface area (Å²) < 4.78 is 5.02. The van der Waals surface area contributed by atoms with Gasteiger partial charge in [0, 0.05) is 11.6 Å². The van der Waals surface area contributed by atoms with Crippen molar-refractivity contribution in [3.63, 3.8) is 0 Å². The fourth-order valence-electron chi connectivity index (χ4n) is 2.56. The van der Waals surface area contributed by atoms with Crippen molar-refractivity contribution in [1.82, 2.24) is 10.6 Å². The molecule has 0 radical (unpaired) electrons. The molecule has 1 aromatic rings. The second-order valence-corrected chi connectivity index (χ2v) is 5.93. The minimum absolute atomic E-state index is 0.0782. The van der Waals surface area contributed by atoms with Crippen LogP contribution < -0.4 is 16.4 Å². The highest BCUT2D eigenvalue weighted by molar-refractivity contribution is 5.99. The Hall–Kier alpha value is -2.90. The number of nitrogens with one attached hydrogen (secondary N) is 2. The SMILES string of the molecule is CC(OC(=O)c1ccc(C(N)=O)cc1)C(=O)NC(=O)NC1CCCC1. The summed E-state index contributed by atoms with van der Waals surface area (Å²) in [7, 11) is 0. The number of hydrogen-bond donors (Lipinski definition) is 3. The zero-order valence-electron chi connectivity index (χ0n) is 13.9. The number of hydrogen-bond acceptors (Lipinski definition) is 5. The van der Waals surface area contributed by atoms with E-state index in [4.69, 9.17) is 10.5 Å². The van der Waals surface area contributed by atoms with Crippen LogP contribution in [0.5, 0.6) is 0 Å². The summed E-state index contributed by atoms with van der Waals surface area (Å²) >= 11 is 0. The van der Waals surface area contributed by atoms with Gasteiger partial charge in [-0.2, -0.15) is 0 Å². The van der Waals surface area contributed by atoms with Gasteiger partial charge >= 0.3 is 12.0 Å². The fraction of sp³-hybridized carbons (Fsp3) is 0.412.